The maximum Gasteiger partial charge on any atom is 0.301 e. The second-order valence-electron chi connectivity index (χ2n) is 4.16. The summed E-state index contributed by atoms with van der Waals surface area (Å²) in [5.41, 5.74) is 0.352. The molecule has 1 aromatic rings. The third kappa shape index (κ3) is 3.36. The van der Waals surface area contributed by atoms with E-state index in [2.05, 4.69) is 4.72 Å². The second-order valence-corrected chi connectivity index (χ2v) is 5.83. The van der Waals surface area contributed by atoms with E-state index in [1.54, 1.807) is 24.3 Å². The van der Waals surface area contributed by atoms with Gasteiger partial charge in [0.25, 0.3) is 0 Å². The fourth-order valence-electron chi connectivity index (χ4n) is 1.92. The Morgan fingerprint density at radius 2 is 2.00 bits per heavy atom. The minimum absolute atomic E-state index is 0.123. The molecule has 0 spiro atoms. The van der Waals surface area contributed by atoms with Crippen LogP contribution in [-0.2, 0) is 10.2 Å². The zero-order valence-electron chi connectivity index (χ0n) is 10.4. The monoisotopic (exact) mass is 281 g/mol. The molecule has 0 bridgehead atoms. The Labute approximate surface area is 112 Å². The molecule has 1 aromatic carbocycles. The van der Waals surface area contributed by atoms with Crippen molar-refractivity contribution in [2.45, 2.75) is 12.8 Å². The zero-order valence-corrected chi connectivity index (χ0v) is 11.2. The van der Waals surface area contributed by atoms with E-state index in [4.69, 9.17) is 10.00 Å². The third-order valence-electron chi connectivity index (χ3n) is 2.82. The highest BCUT2D eigenvalue weighted by Gasteiger charge is 2.25. The van der Waals surface area contributed by atoms with Gasteiger partial charge in [-0.1, -0.05) is 12.1 Å². The van der Waals surface area contributed by atoms with Crippen LogP contribution in [0.4, 0.5) is 5.69 Å². The van der Waals surface area contributed by atoms with Gasteiger partial charge < -0.3 is 4.74 Å². The second kappa shape index (κ2) is 5.91. The van der Waals surface area contributed by atoms with Crippen LogP contribution >= 0.6 is 0 Å². The fraction of sp³-hybridized carbons (Fsp3) is 0.417. The molecule has 1 heterocycles. The van der Waals surface area contributed by atoms with Crippen molar-refractivity contribution in [1.29, 1.82) is 5.26 Å². The van der Waals surface area contributed by atoms with Gasteiger partial charge in [-0.2, -0.15) is 18.0 Å². The van der Waals surface area contributed by atoms with E-state index < -0.39 is 10.2 Å². The van der Waals surface area contributed by atoms with Crippen LogP contribution in [0.5, 0.6) is 5.75 Å². The number of ether oxygens (including phenoxy) is 1. The van der Waals surface area contributed by atoms with E-state index in [0.29, 0.717) is 24.5 Å². The largest absolute Gasteiger partial charge is 0.477 e. The average molecular weight is 281 g/mol. The molecule has 1 saturated heterocycles. The average Bonchev–Trinajstić information content (AvgIpc) is 2.92. The van der Waals surface area contributed by atoms with Crippen molar-refractivity contribution in [3.8, 4) is 11.8 Å². The van der Waals surface area contributed by atoms with Gasteiger partial charge in [0.15, 0.2) is 6.61 Å². The molecule has 0 atom stereocenters. The van der Waals surface area contributed by atoms with Crippen LogP contribution in [0.1, 0.15) is 12.8 Å². The lowest BCUT2D eigenvalue weighted by atomic mass is 10.3. The number of nitriles is 1. The fourth-order valence-corrected chi connectivity index (χ4v) is 3.23. The van der Waals surface area contributed by atoms with E-state index >= 15 is 0 Å². The molecule has 0 radical (unpaired) electrons. The number of para-hydroxylation sites is 2. The Morgan fingerprint density at radius 1 is 1.32 bits per heavy atom. The minimum atomic E-state index is -3.54. The van der Waals surface area contributed by atoms with Gasteiger partial charge in [-0.05, 0) is 25.0 Å². The third-order valence-corrected chi connectivity index (χ3v) is 4.35. The number of benzene rings is 1. The summed E-state index contributed by atoms with van der Waals surface area (Å²) in [5, 5.41) is 8.50. The predicted molar refractivity (Wildman–Crippen MR) is 70.9 cm³/mol. The number of anilines is 1. The first-order chi connectivity index (χ1) is 9.13. The predicted octanol–water partition coefficient (Wildman–Crippen LogP) is 1.34. The van der Waals surface area contributed by atoms with Gasteiger partial charge in [-0.3, -0.25) is 4.72 Å². The van der Waals surface area contributed by atoms with Gasteiger partial charge in [-0.15, -0.1) is 0 Å². The molecule has 1 fully saturated rings. The zero-order chi connectivity index (χ0) is 13.7. The first kappa shape index (κ1) is 13.6. The molecule has 19 heavy (non-hydrogen) atoms. The molecule has 1 aliphatic rings. The summed E-state index contributed by atoms with van der Waals surface area (Å²) in [6.07, 6.45) is 1.76. The van der Waals surface area contributed by atoms with Crippen LogP contribution < -0.4 is 9.46 Å². The summed E-state index contributed by atoms with van der Waals surface area (Å²) in [4.78, 5) is 0. The smallest absolute Gasteiger partial charge is 0.301 e. The number of hydrogen-bond acceptors (Lipinski definition) is 4. The normalized spacial score (nSPS) is 15.9. The first-order valence-electron chi connectivity index (χ1n) is 6.00. The summed E-state index contributed by atoms with van der Waals surface area (Å²) in [6, 6.07) is 8.52. The highest BCUT2D eigenvalue weighted by atomic mass is 32.2. The van der Waals surface area contributed by atoms with Gasteiger partial charge in [0.2, 0.25) is 0 Å². The molecule has 1 aliphatic heterocycles. The van der Waals surface area contributed by atoms with Crippen molar-refractivity contribution in [3.63, 3.8) is 0 Å². The molecule has 102 valence electrons. The van der Waals surface area contributed by atoms with Crippen molar-refractivity contribution in [3.05, 3.63) is 24.3 Å². The van der Waals surface area contributed by atoms with Gasteiger partial charge in [-0.25, -0.2) is 0 Å². The van der Waals surface area contributed by atoms with E-state index in [1.165, 1.54) is 4.31 Å². The van der Waals surface area contributed by atoms with Crippen molar-refractivity contribution in [2.75, 3.05) is 24.4 Å². The highest BCUT2D eigenvalue weighted by molar-refractivity contribution is 7.90. The number of nitrogens with zero attached hydrogens (tertiary/aromatic N) is 2. The minimum Gasteiger partial charge on any atom is -0.477 e. The lowest BCUT2D eigenvalue weighted by Crippen LogP contribution is -2.33. The topological polar surface area (TPSA) is 82.4 Å². The van der Waals surface area contributed by atoms with Crippen molar-refractivity contribution in [2.24, 2.45) is 0 Å². The standard InChI is InChI=1S/C12H15N3O3S/c13-7-10-18-12-6-2-1-5-11(12)14-19(16,17)15-8-3-4-9-15/h1-2,5-6,14H,3-4,8-10H2. The van der Waals surface area contributed by atoms with E-state index in [-0.39, 0.29) is 6.61 Å². The van der Waals surface area contributed by atoms with Crippen LogP contribution in [0.3, 0.4) is 0 Å². The van der Waals surface area contributed by atoms with E-state index in [1.807, 2.05) is 6.07 Å². The van der Waals surface area contributed by atoms with Crippen molar-refractivity contribution in [1.82, 2.24) is 4.31 Å². The Bertz CT molecular complexity index is 574. The first-order valence-corrected chi connectivity index (χ1v) is 7.44. The van der Waals surface area contributed by atoms with Crippen LogP contribution in [0, 0.1) is 11.3 Å². The van der Waals surface area contributed by atoms with E-state index in [0.717, 1.165) is 12.8 Å². The van der Waals surface area contributed by atoms with Crippen LogP contribution in [0.2, 0.25) is 0 Å². The summed E-state index contributed by atoms with van der Waals surface area (Å²) < 4.78 is 33.3. The Hall–Kier alpha value is -1.78. The maximum absolute atomic E-state index is 12.1. The van der Waals surface area contributed by atoms with Crippen molar-refractivity contribution < 1.29 is 13.2 Å². The Morgan fingerprint density at radius 3 is 2.68 bits per heavy atom. The van der Waals surface area contributed by atoms with Crippen LogP contribution in [-0.4, -0.2) is 32.4 Å². The molecule has 6 nitrogen and oxygen atoms in total. The summed E-state index contributed by atoms with van der Waals surface area (Å²) in [5.74, 6) is 0.354. The summed E-state index contributed by atoms with van der Waals surface area (Å²) >= 11 is 0. The lowest BCUT2D eigenvalue weighted by molar-refractivity contribution is 0.370. The van der Waals surface area contributed by atoms with Gasteiger partial charge >= 0.3 is 10.2 Å². The molecule has 0 saturated carbocycles. The lowest BCUT2D eigenvalue weighted by Gasteiger charge is -2.18. The molecule has 0 amide bonds. The quantitative estimate of drug-likeness (QED) is 0.883. The molecule has 0 unspecified atom stereocenters. The summed E-state index contributed by atoms with van der Waals surface area (Å²) in [7, 11) is -3.54. The maximum atomic E-state index is 12.1. The molecule has 0 aliphatic carbocycles. The van der Waals surface area contributed by atoms with E-state index in [9.17, 15) is 8.42 Å². The number of rotatable bonds is 5. The molecule has 0 aromatic heterocycles. The number of nitrogens with one attached hydrogen (secondary N) is 1. The van der Waals surface area contributed by atoms with Gasteiger partial charge in [0, 0.05) is 13.1 Å². The molecular formula is C12H15N3O3S. The summed E-state index contributed by atoms with van der Waals surface area (Å²) in [6.45, 7) is 0.954. The van der Waals surface area contributed by atoms with Crippen LogP contribution in [0.15, 0.2) is 24.3 Å². The van der Waals surface area contributed by atoms with Crippen molar-refractivity contribution >= 4 is 15.9 Å². The Kier molecular flexibility index (Phi) is 4.24. The van der Waals surface area contributed by atoms with Crippen LogP contribution in [0.25, 0.3) is 0 Å². The molecule has 1 N–H and O–H groups in total. The molecular weight excluding hydrogens is 266 g/mol. The van der Waals surface area contributed by atoms with Gasteiger partial charge in [0.05, 0.1) is 5.69 Å². The number of hydrogen-bond donors (Lipinski definition) is 1. The SMILES string of the molecule is N#CCOc1ccccc1NS(=O)(=O)N1CCCC1. The highest BCUT2D eigenvalue weighted by Crippen LogP contribution is 2.26. The molecule has 2 rings (SSSR count). The molecule has 7 heteroatoms. The Balaban J connectivity index is 2.16. The van der Waals surface area contributed by atoms with Gasteiger partial charge in [0.1, 0.15) is 11.8 Å².